The standard InChI is InChI=1S/C24H25O/c1-16-9-5-7-11-21(16)18(3)20-13-14-24(25)23(15-20)19(4)22-12-8-6-10-17(22)2/h5-15,18-19H,1-4H3. The summed E-state index contributed by atoms with van der Waals surface area (Å²) < 4.78 is 0. The van der Waals surface area contributed by atoms with Crippen LogP contribution in [0.25, 0.3) is 0 Å². The van der Waals surface area contributed by atoms with Gasteiger partial charge in [0.15, 0.2) is 5.75 Å². The van der Waals surface area contributed by atoms with Crippen molar-refractivity contribution in [2.24, 2.45) is 0 Å². The SMILES string of the molecule is Cc1ccccc1C(C)c1ccc([O])c(C(C)c2ccccc2C)c1. The molecule has 0 N–H and O–H groups in total. The molecule has 0 saturated heterocycles. The highest BCUT2D eigenvalue weighted by Gasteiger charge is 2.18. The summed E-state index contributed by atoms with van der Waals surface area (Å²) in [6, 6.07) is 22.6. The molecule has 1 radical (unpaired) electrons. The average Bonchev–Trinajstić information content (AvgIpc) is 2.62. The minimum Gasteiger partial charge on any atom is -0.290 e. The Hall–Kier alpha value is -2.54. The lowest BCUT2D eigenvalue weighted by Crippen LogP contribution is -2.03. The fourth-order valence-electron chi connectivity index (χ4n) is 3.67. The van der Waals surface area contributed by atoms with Crippen LogP contribution < -0.4 is 0 Å². The van der Waals surface area contributed by atoms with Crippen molar-refractivity contribution >= 4 is 0 Å². The highest BCUT2D eigenvalue weighted by atomic mass is 16.3. The molecule has 0 heterocycles. The molecule has 25 heavy (non-hydrogen) atoms. The van der Waals surface area contributed by atoms with Gasteiger partial charge in [0.05, 0.1) is 0 Å². The maximum Gasteiger partial charge on any atom is 0.182 e. The fourth-order valence-corrected chi connectivity index (χ4v) is 3.67. The molecule has 0 amide bonds. The highest BCUT2D eigenvalue weighted by molar-refractivity contribution is 5.47. The van der Waals surface area contributed by atoms with Gasteiger partial charge < -0.3 is 0 Å². The van der Waals surface area contributed by atoms with Crippen molar-refractivity contribution in [2.75, 3.05) is 0 Å². The Labute approximate surface area is 151 Å². The van der Waals surface area contributed by atoms with E-state index in [2.05, 4.69) is 70.2 Å². The lowest BCUT2D eigenvalue weighted by atomic mass is 9.85. The first-order valence-electron chi connectivity index (χ1n) is 8.91. The smallest absolute Gasteiger partial charge is 0.182 e. The van der Waals surface area contributed by atoms with Gasteiger partial charge >= 0.3 is 0 Å². The van der Waals surface area contributed by atoms with Crippen LogP contribution in [0.4, 0.5) is 0 Å². The van der Waals surface area contributed by atoms with Gasteiger partial charge in [-0.3, -0.25) is 5.11 Å². The van der Waals surface area contributed by atoms with Gasteiger partial charge in [-0.2, -0.15) is 0 Å². The van der Waals surface area contributed by atoms with Crippen LogP contribution in [0.15, 0.2) is 66.7 Å². The summed E-state index contributed by atoms with van der Waals surface area (Å²) in [4.78, 5) is 0. The number of aryl methyl sites for hydroxylation is 2. The quantitative estimate of drug-likeness (QED) is 0.504. The molecule has 1 heteroatoms. The Kier molecular flexibility index (Phi) is 4.94. The Bertz CT molecular complexity index is 879. The van der Waals surface area contributed by atoms with E-state index < -0.39 is 0 Å². The molecule has 0 bridgehead atoms. The lowest BCUT2D eigenvalue weighted by molar-refractivity contribution is 0.348. The molecule has 3 rings (SSSR count). The molecule has 0 aliphatic rings. The van der Waals surface area contributed by atoms with Gasteiger partial charge in [0, 0.05) is 17.4 Å². The average molecular weight is 329 g/mol. The Morgan fingerprint density at radius 3 is 1.72 bits per heavy atom. The molecule has 3 aromatic carbocycles. The number of rotatable bonds is 4. The molecule has 0 aliphatic carbocycles. The topological polar surface area (TPSA) is 19.9 Å². The van der Waals surface area contributed by atoms with Crippen LogP contribution in [0.2, 0.25) is 0 Å². The van der Waals surface area contributed by atoms with Crippen molar-refractivity contribution in [3.8, 4) is 5.75 Å². The van der Waals surface area contributed by atoms with Crippen LogP contribution in [0, 0.1) is 13.8 Å². The van der Waals surface area contributed by atoms with E-state index in [1.54, 1.807) is 6.07 Å². The third-order valence-electron chi connectivity index (χ3n) is 5.31. The second-order valence-electron chi connectivity index (χ2n) is 6.95. The molecule has 0 aromatic heterocycles. The van der Waals surface area contributed by atoms with E-state index in [9.17, 15) is 5.11 Å². The van der Waals surface area contributed by atoms with Crippen molar-refractivity contribution < 1.29 is 5.11 Å². The summed E-state index contributed by atoms with van der Waals surface area (Å²) in [5.41, 5.74) is 7.13. The number of hydrogen-bond acceptors (Lipinski definition) is 0. The van der Waals surface area contributed by atoms with Gasteiger partial charge in [-0.15, -0.1) is 0 Å². The van der Waals surface area contributed by atoms with E-state index in [1.807, 2.05) is 18.2 Å². The normalized spacial score (nSPS) is 13.4. The largest absolute Gasteiger partial charge is 0.290 e. The molecular weight excluding hydrogens is 304 g/mol. The summed E-state index contributed by atoms with van der Waals surface area (Å²) in [5.74, 6) is 0.485. The third kappa shape index (κ3) is 3.46. The van der Waals surface area contributed by atoms with Crippen LogP contribution in [-0.4, -0.2) is 0 Å². The zero-order valence-electron chi connectivity index (χ0n) is 15.4. The first-order chi connectivity index (χ1) is 12.0. The lowest BCUT2D eigenvalue weighted by Gasteiger charge is -2.20. The molecular formula is C24H25O. The van der Waals surface area contributed by atoms with E-state index in [4.69, 9.17) is 0 Å². The molecule has 3 aromatic rings. The van der Waals surface area contributed by atoms with E-state index in [0.29, 0.717) is 0 Å². The molecule has 0 aliphatic heterocycles. The van der Waals surface area contributed by atoms with E-state index in [-0.39, 0.29) is 17.6 Å². The predicted octanol–water partition coefficient (Wildman–Crippen LogP) is 6.75. The zero-order valence-corrected chi connectivity index (χ0v) is 15.4. The first-order valence-corrected chi connectivity index (χ1v) is 8.91. The molecule has 127 valence electrons. The Morgan fingerprint density at radius 2 is 1.16 bits per heavy atom. The van der Waals surface area contributed by atoms with Crippen LogP contribution in [0.5, 0.6) is 5.75 Å². The highest BCUT2D eigenvalue weighted by Crippen LogP contribution is 2.36. The van der Waals surface area contributed by atoms with Crippen LogP contribution in [0.1, 0.15) is 59.1 Å². The predicted molar refractivity (Wildman–Crippen MR) is 104 cm³/mol. The summed E-state index contributed by atoms with van der Waals surface area (Å²) in [7, 11) is 0. The van der Waals surface area contributed by atoms with Crippen molar-refractivity contribution in [3.05, 3.63) is 100 Å². The Morgan fingerprint density at radius 1 is 0.640 bits per heavy atom. The Balaban J connectivity index is 2.01. The minimum atomic E-state index is 0.0951. The summed E-state index contributed by atoms with van der Waals surface area (Å²) in [6.07, 6.45) is 0. The van der Waals surface area contributed by atoms with Crippen LogP contribution in [0.3, 0.4) is 0 Å². The number of benzene rings is 3. The van der Waals surface area contributed by atoms with Crippen molar-refractivity contribution in [1.82, 2.24) is 0 Å². The van der Waals surface area contributed by atoms with Crippen molar-refractivity contribution in [1.29, 1.82) is 0 Å². The summed E-state index contributed by atoms with van der Waals surface area (Å²) in [5, 5.41) is 12.5. The van der Waals surface area contributed by atoms with Gasteiger partial charge in [-0.05, 0) is 47.7 Å². The van der Waals surface area contributed by atoms with Crippen molar-refractivity contribution in [3.63, 3.8) is 0 Å². The fraction of sp³-hybridized carbons (Fsp3) is 0.250. The summed E-state index contributed by atoms with van der Waals surface area (Å²) >= 11 is 0. The van der Waals surface area contributed by atoms with Gasteiger partial charge in [0.1, 0.15) is 0 Å². The third-order valence-corrected chi connectivity index (χ3v) is 5.31. The molecule has 0 fully saturated rings. The second-order valence-corrected chi connectivity index (χ2v) is 6.95. The van der Waals surface area contributed by atoms with Crippen LogP contribution >= 0.6 is 0 Å². The zero-order chi connectivity index (χ0) is 18.0. The summed E-state index contributed by atoms with van der Waals surface area (Å²) in [6.45, 7) is 8.59. The van der Waals surface area contributed by atoms with Crippen LogP contribution in [-0.2, 0) is 5.11 Å². The van der Waals surface area contributed by atoms with Crippen molar-refractivity contribution in [2.45, 2.75) is 39.5 Å². The van der Waals surface area contributed by atoms with Gasteiger partial charge in [0.2, 0.25) is 0 Å². The van der Waals surface area contributed by atoms with Gasteiger partial charge in [-0.25, -0.2) is 0 Å². The van der Waals surface area contributed by atoms with E-state index >= 15 is 0 Å². The monoisotopic (exact) mass is 329 g/mol. The molecule has 2 atom stereocenters. The maximum absolute atomic E-state index is 12.5. The van der Waals surface area contributed by atoms with Gasteiger partial charge in [0.25, 0.3) is 0 Å². The molecule has 2 unspecified atom stereocenters. The maximum atomic E-state index is 12.5. The number of hydrogen-bond donors (Lipinski definition) is 0. The first kappa shape index (κ1) is 17.3. The van der Waals surface area contributed by atoms with Gasteiger partial charge in [-0.1, -0.05) is 74.5 Å². The molecule has 1 nitrogen and oxygen atoms in total. The minimum absolute atomic E-state index is 0.0951. The van der Waals surface area contributed by atoms with E-state index in [0.717, 1.165) is 5.56 Å². The van der Waals surface area contributed by atoms with E-state index in [1.165, 1.54) is 27.8 Å². The molecule has 0 spiro atoms. The second kappa shape index (κ2) is 7.14. The molecule has 0 saturated carbocycles.